The highest BCUT2D eigenvalue weighted by Gasteiger charge is 2.18. The SMILES string of the molecule is COc1ccc(C)cc1C(=O)c1cc(C)ccc1OC. The lowest BCUT2D eigenvalue weighted by Crippen LogP contribution is -2.07. The minimum Gasteiger partial charge on any atom is -0.496 e. The Labute approximate surface area is 119 Å². The maximum absolute atomic E-state index is 12.8. The zero-order valence-corrected chi connectivity index (χ0v) is 12.2. The molecule has 0 atom stereocenters. The molecule has 0 aliphatic carbocycles. The number of ether oxygens (including phenoxy) is 2. The number of rotatable bonds is 4. The van der Waals surface area contributed by atoms with Crippen molar-refractivity contribution in [3.8, 4) is 11.5 Å². The molecule has 2 rings (SSSR count). The molecule has 20 heavy (non-hydrogen) atoms. The van der Waals surface area contributed by atoms with Crippen molar-refractivity contribution in [3.05, 3.63) is 58.7 Å². The van der Waals surface area contributed by atoms with Crippen LogP contribution in [0.5, 0.6) is 11.5 Å². The Bertz CT molecular complexity index is 589. The second-order valence-corrected chi connectivity index (χ2v) is 4.74. The minimum absolute atomic E-state index is 0.0916. The molecule has 0 saturated heterocycles. The zero-order chi connectivity index (χ0) is 14.7. The van der Waals surface area contributed by atoms with Gasteiger partial charge in [0.2, 0.25) is 0 Å². The van der Waals surface area contributed by atoms with E-state index >= 15 is 0 Å². The van der Waals surface area contributed by atoms with E-state index in [1.165, 1.54) is 0 Å². The molecule has 2 aromatic carbocycles. The van der Waals surface area contributed by atoms with Gasteiger partial charge in [0.25, 0.3) is 0 Å². The summed E-state index contributed by atoms with van der Waals surface area (Å²) in [6.45, 7) is 3.90. The third-order valence-electron chi connectivity index (χ3n) is 3.20. The van der Waals surface area contributed by atoms with Gasteiger partial charge < -0.3 is 9.47 Å². The number of hydrogen-bond donors (Lipinski definition) is 0. The summed E-state index contributed by atoms with van der Waals surface area (Å²) in [7, 11) is 3.13. The quantitative estimate of drug-likeness (QED) is 0.797. The summed E-state index contributed by atoms with van der Waals surface area (Å²) in [5, 5.41) is 0. The van der Waals surface area contributed by atoms with Crippen LogP contribution < -0.4 is 9.47 Å². The van der Waals surface area contributed by atoms with E-state index < -0.39 is 0 Å². The number of carbonyl (C=O) groups is 1. The van der Waals surface area contributed by atoms with E-state index in [-0.39, 0.29) is 5.78 Å². The molecular formula is C17H18O3. The molecule has 0 spiro atoms. The molecule has 0 saturated carbocycles. The first kappa shape index (κ1) is 14.1. The Morgan fingerprint density at radius 2 is 1.20 bits per heavy atom. The highest BCUT2D eigenvalue weighted by molar-refractivity contribution is 6.12. The average molecular weight is 270 g/mol. The molecular weight excluding hydrogens is 252 g/mol. The topological polar surface area (TPSA) is 35.5 Å². The van der Waals surface area contributed by atoms with Gasteiger partial charge in [0.1, 0.15) is 11.5 Å². The van der Waals surface area contributed by atoms with Crippen LogP contribution in [0.15, 0.2) is 36.4 Å². The number of ketones is 1. The molecule has 0 radical (unpaired) electrons. The molecule has 0 aromatic heterocycles. The predicted molar refractivity (Wildman–Crippen MR) is 78.9 cm³/mol. The number of carbonyl (C=O) groups excluding carboxylic acids is 1. The monoisotopic (exact) mass is 270 g/mol. The van der Waals surface area contributed by atoms with Crippen molar-refractivity contribution in [2.75, 3.05) is 14.2 Å². The summed E-state index contributed by atoms with van der Waals surface area (Å²) in [6.07, 6.45) is 0. The Morgan fingerprint density at radius 3 is 1.55 bits per heavy atom. The summed E-state index contributed by atoms with van der Waals surface area (Å²) in [5.74, 6) is 1.06. The van der Waals surface area contributed by atoms with Gasteiger partial charge in [-0.15, -0.1) is 0 Å². The number of hydrogen-bond acceptors (Lipinski definition) is 3. The van der Waals surface area contributed by atoms with Crippen molar-refractivity contribution in [3.63, 3.8) is 0 Å². The van der Waals surface area contributed by atoms with Crippen molar-refractivity contribution >= 4 is 5.78 Å². The fraction of sp³-hybridized carbons (Fsp3) is 0.235. The molecule has 0 N–H and O–H groups in total. The van der Waals surface area contributed by atoms with Crippen LogP contribution >= 0.6 is 0 Å². The van der Waals surface area contributed by atoms with Crippen molar-refractivity contribution in [2.24, 2.45) is 0 Å². The minimum atomic E-state index is -0.0916. The van der Waals surface area contributed by atoms with E-state index in [1.807, 2.05) is 50.2 Å². The molecule has 0 aliphatic heterocycles. The lowest BCUT2D eigenvalue weighted by Gasteiger charge is -2.12. The van der Waals surface area contributed by atoms with Gasteiger partial charge in [-0.1, -0.05) is 23.3 Å². The number of aryl methyl sites for hydroxylation is 2. The van der Waals surface area contributed by atoms with E-state index in [0.29, 0.717) is 22.6 Å². The fourth-order valence-electron chi connectivity index (χ4n) is 2.14. The van der Waals surface area contributed by atoms with Crippen LogP contribution in [-0.4, -0.2) is 20.0 Å². The number of methoxy groups -OCH3 is 2. The maximum Gasteiger partial charge on any atom is 0.200 e. The highest BCUT2D eigenvalue weighted by Crippen LogP contribution is 2.28. The van der Waals surface area contributed by atoms with Crippen molar-refractivity contribution < 1.29 is 14.3 Å². The number of benzene rings is 2. The Balaban J connectivity index is 2.56. The molecule has 0 bridgehead atoms. The largest absolute Gasteiger partial charge is 0.496 e. The first-order chi connectivity index (χ1) is 9.56. The third-order valence-corrected chi connectivity index (χ3v) is 3.20. The molecule has 2 aromatic rings. The standard InChI is InChI=1S/C17H18O3/c1-11-5-7-15(19-3)13(9-11)17(18)14-10-12(2)6-8-16(14)20-4/h5-10H,1-4H3. The van der Waals surface area contributed by atoms with Crippen LogP contribution in [-0.2, 0) is 0 Å². The Kier molecular flexibility index (Phi) is 4.08. The van der Waals surface area contributed by atoms with Crippen LogP contribution in [0, 0.1) is 13.8 Å². The molecule has 0 fully saturated rings. The van der Waals surface area contributed by atoms with Crippen LogP contribution in [0.3, 0.4) is 0 Å². The van der Waals surface area contributed by atoms with Crippen LogP contribution in [0.2, 0.25) is 0 Å². The van der Waals surface area contributed by atoms with E-state index in [9.17, 15) is 4.79 Å². The molecule has 0 amide bonds. The lowest BCUT2D eigenvalue weighted by atomic mass is 9.98. The second kappa shape index (κ2) is 5.78. The van der Waals surface area contributed by atoms with Gasteiger partial charge in [0.05, 0.1) is 25.3 Å². The van der Waals surface area contributed by atoms with Crippen molar-refractivity contribution in [1.29, 1.82) is 0 Å². The summed E-state index contributed by atoms with van der Waals surface area (Å²) in [5.41, 5.74) is 3.13. The third kappa shape index (κ3) is 2.67. The Hall–Kier alpha value is -2.29. The maximum atomic E-state index is 12.8. The van der Waals surface area contributed by atoms with Crippen molar-refractivity contribution in [2.45, 2.75) is 13.8 Å². The first-order valence-corrected chi connectivity index (χ1v) is 6.40. The van der Waals surface area contributed by atoms with Crippen molar-refractivity contribution in [1.82, 2.24) is 0 Å². The molecule has 0 unspecified atom stereocenters. The zero-order valence-electron chi connectivity index (χ0n) is 12.2. The molecule has 0 aliphatic rings. The van der Waals surface area contributed by atoms with Gasteiger partial charge in [-0.3, -0.25) is 4.79 Å². The molecule has 3 heteroatoms. The fourth-order valence-corrected chi connectivity index (χ4v) is 2.14. The molecule has 3 nitrogen and oxygen atoms in total. The van der Waals surface area contributed by atoms with Crippen LogP contribution in [0.4, 0.5) is 0 Å². The van der Waals surface area contributed by atoms with Gasteiger partial charge in [0.15, 0.2) is 5.78 Å². The van der Waals surface area contributed by atoms with E-state index in [0.717, 1.165) is 11.1 Å². The Morgan fingerprint density at radius 1 is 0.800 bits per heavy atom. The van der Waals surface area contributed by atoms with E-state index in [2.05, 4.69) is 0 Å². The van der Waals surface area contributed by atoms with Gasteiger partial charge >= 0.3 is 0 Å². The van der Waals surface area contributed by atoms with E-state index in [1.54, 1.807) is 14.2 Å². The summed E-state index contributed by atoms with van der Waals surface area (Å²) < 4.78 is 10.6. The summed E-state index contributed by atoms with van der Waals surface area (Å²) in [4.78, 5) is 12.8. The predicted octanol–water partition coefficient (Wildman–Crippen LogP) is 3.55. The normalized spacial score (nSPS) is 10.2. The van der Waals surface area contributed by atoms with E-state index in [4.69, 9.17) is 9.47 Å². The second-order valence-electron chi connectivity index (χ2n) is 4.74. The summed E-state index contributed by atoms with van der Waals surface area (Å²) in [6, 6.07) is 11.1. The van der Waals surface area contributed by atoms with Gasteiger partial charge in [-0.05, 0) is 38.1 Å². The lowest BCUT2D eigenvalue weighted by molar-refractivity contribution is 0.103. The van der Waals surface area contributed by atoms with Crippen LogP contribution in [0.1, 0.15) is 27.0 Å². The van der Waals surface area contributed by atoms with Crippen LogP contribution in [0.25, 0.3) is 0 Å². The average Bonchev–Trinajstić information content (AvgIpc) is 2.46. The molecule has 0 heterocycles. The van der Waals surface area contributed by atoms with Gasteiger partial charge in [-0.25, -0.2) is 0 Å². The highest BCUT2D eigenvalue weighted by atomic mass is 16.5. The smallest absolute Gasteiger partial charge is 0.200 e. The van der Waals surface area contributed by atoms with Gasteiger partial charge in [-0.2, -0.15) is 0 Å². The molecule has 104 valence electrons. The summed E-state index contributed by atoms with van der Waals surface area (Å²) >= 11 is 0. The van der Waals surface area contributed by atoms with Gasteiger partial charge in [0, 0.05) is 0 Å². The first-order valence-electron chi connectivity index (χ1n) is 6.40.